The Bertz CT molecular complexity index is 1880. The lowest BCUT2D eigenvalue weighted by molar-refractivity contribution is -0.656. The van der Waals surface area contributed by atoms with Crippen LogP contribution in [-0.4, -0.2) is 36.3 Å². The van der Waals surface area contributed by atoms with Gasteiger partial charge in [-0.05, 0) is 35.4 Å². The molecule has 0 saturated heterocycles. The number of carboxylic acids is 1. The predicted octanol–water partition coefficient (Wildman–Crippen LogP) is 5.43. The van der Waals surface area contributed by atoms with Crippen molar-refractivity contribution in [3.05, 3.63) is 82.8 Å². The van der Waals surface area contributed by atoms with Crippen LogP contribution < -0.4 is 9.47 Å². The van der Waals surface area contributed by atoms with Crippen molar-refractivity contribution in [2.75, 3.05) is 17.2 Å². The third-order valence-electron chi connectivity index (χ3n) is 6.54. The first kappa shape index (κ1) is 24.9. The quantitative estimate of drug-likeness (QED) is 0.209. The molecule has 0 fully saturated rings. The smallest absolute Gasteiger partial charge is 0.370 e. The van der Waals surface area contributed by atoms with E-state index in [9.17, 15) is 22.9 Å². The van der Waals surface area contributed by atoms with Gasteiger partial charge in [0.2, 0.25) is 12.1 Å². The van der Waals surface area contributed by atoms with Crippen molar-refractivity contribution in [1.29, 1.82) is 0 Å². The fraction of sp³-hybridized carbons (Fsp3) is 0.143. The summed E-state index contributed by atoms with van der Waals surface area (Å²) in [5, 5.41) is 15.5. The summed E-state index contributed by atoms with van der Waals surface area (Å²) in [6, 6.07) is 24.1. The summed E-state index contributed by atoms with van der Waals surface area (Å²) in [5.41, 5.74) is 1.84. The van der Waals surface area contributed by atoms with Gasteiger partial charge in [-0.2, -0.15) is 4.57 Å². The molecule has 0 saturated carbocycles. The van der Waals surface area contributed by atoms with E-state index in [1.807, 2.05) is 77.4 Å². The first-order chi connectivity index (χ1) is 18.3. The number of hydrogen-bond donors (Lipinski definition) is 1. The molecule has 5 aromatic rings. The fourth-order valence-electron chi connectivity index (χ4n) is 4.98. The van der Waals surface area contributed by atoms with E-state index in [4.69, 9.17) is 0 Å². The molecule has 6 rings (SSSR count). The highest BCUT2D eigenvalue weighted by molar-refractivity contribution is 8.04. The van der Waals surface area contributed by atoms with Crippen LogP contribution in [0.25, 0.3) is 37.8 Å². The monoisotopic (exact) mass is 562 g/mol. The maximum atomic E-state index is 11.9. The van der Waals surface area contributed by atoms with Gasteiger partial charge < -0.3 is 14.6 Å². The summed E-state index contributed by atoms with van der Waals surface area (Å²) in [6.45, 7) is 0.149. The number of carbonyl (C=O) groups is 1. The average Bonchev–Trinajstić information content (AvgIpc) is 3.41. The van der Waals surface area contributed by atoms with E-state index in [2.05, 4.69) is 11.0 Å². The number of aromatic nitrogens is 1. The molecule has 38 heavy (non-hydrogen) atoms. The molecule has 1 aromatic heterocycles. The topological polar surface area (TPSA) is 102 Å². The molecule has 1 aliphatic rings. The number of rotatable bonds is 7. The number of thioether (sulfide) groups is 1. The van der Waals surface area contributed by atoms with Gasteiger partial charge in [0.05, 0.1) is 32.3 Å². The third-order valence-corrected chi connectivity index (χ3v) is 9.53. The number of fused-ring (bicyclic) bond motifs is 6. The average molecular weight is 563 g/mol. The van der Waals surface area contributed by atoms with Crippen LogP contribution in [0.5, 0.6) is 0 Å². The molecular weight excluding hydrogens is 541 g/mol. The molecule has 0 amide bonds. The summed E-state index contributed by atoms with van der Waals surface area (Å²) in [6.07, 6.45) is 2.16. The van der Waals surface area contributed by atoms with Gasteiger partial charge in [-0.3, -0.25) is 0 Å². The molecule has 1 N–H and O–H groups in total. The van der Waals surface area contributed by atoms with Gasteiger partial charge in [0.25, 0.3) is 5.01 Å². The van der Waals surface area contributed by atoms with Crippen molar-refractivity contribution in [3.63, 3.8) is 0 Å². The lowest BCUT2D eigenvalue weighted by Gasteiger charge is -2.22. The molecule has 0 unspecified atom stereocenters. The van der Waals surface area contributed by atoms with Crippen molar-refractivity contribution in [1.82, 2.24) is 0 Å². The van der Waals surface area contributed by atoms with Crippen LogP contribution in [0, 0.1) is 0 Å². The summed E-state index contributed by atoms with van der Waals surface area (Å²) in [5.74, 6) is -1.39. The Balaban J connectivity index is 1.52. The fourth-order valence-corrected chi connectivity index (χ4v) is 7.80. The molecule has 2 heterocycles. The minimum atomic E-state index is -4.34. The Morgan fingerprint density at radius 2 is 1.66 bits per heavy atom. The van der Waals surface area contributed by atoms with E-state index in [0.717, 1.165) is 52.4 Å². The van der Waals surface area contributed by atoms with Gasteiger partial charge in [-0.25, -0.2) is 13.2 Å². The standard InChI is InChI=1S/C28H22N2O5S3/c31-26(32)17-30-25(37-23-13-11-19-7-2-4-9-21(19)28(23)30)16-24-29(14-5-15-38(33,34)35)27-20-8-3-1-6-18(20)10-12-22(27)36-24/h1-4,6-13,16H,5,14-15,17H2,(H-,31,32,33,34,35). The molecule has 0 aliphatic carbocycles. The van der Waals surface area contributed by atoms with Crippen LogP contribution in [0.4, 0.5) is 5.69 Å². The highest BCUT2D eigenvalue weighted by Crippen LogP contribution is 2.50. The number of thiazole rings is 1. The highest BCUT2D eigenvalue weighted by atomic mass is 32.2. The van der Waals surface area contributed by atoms with Crippen LogP contribution >= 0.6 is 23.1 Å². The van der Waals surface area contributed by atoms with E-state index in [1.54, 1.807) is 11.8 Å². The molecule has 0 atom stereocenters. The summed E-state index contributed by atoms with van der Waals surface area (Å²) in [7, 11) is -4.34. The number of hydrogen-bond acceptors (Lipinski definition) is 7. The predicted molar refractivity (Wildman–Crippen MR) is 151 cm³/mol. The molecule has 0 radical (unpaired) electrons. The highest BCUT2D eigenvalue weighted by Gasteiger charge is 2.30. The Hall–Kier alpha value is -3.44. The van der Waals surface area contributed by atoms with Crippen LogP contribution in [-0.2, 0) is 21.5 Å². The van der Waals surface area contributed by atoms with Crippen molar-refractivity contribution >= 4 is 82.7 Å². The van der Waals surface area contributed by atoms with E-state index in [-0.39, 0.29) is 13.0 Å². The van der Waals surface area contributed by atoms with Gasteiger partial charge in [0.1, 0.15) is 4.70 Å². The lowest BCUT2D eigenvalue weighted by atomic mass is 10.1. The maximum Gasteiger partial charge on any atom is 0.370 e. The maximum absolute atomic E-state index is 11.9. The molecule has 1 aliphatic heterocycles. The lowest BCUT2D eigenvalue weighted by Crippen LogP contribution is -2.39. The SMILES string of the molecule is O=C(O)C[n+]1c(C=C2Sc3ccc4ccccc4c3N2CCCS(=O)(=O)[O-])sc2ccc3ccccc3c21. The summed E-state index contributed by atoms with van der Waals surface area (Å²) in [4.78, 5) is 15.0. The van der Waals surface area contributed by atoms with E-state index < -0.39 is 21.8 Å². The van der Waals surface area contributed by atoms with Gasteiger partial charge in [-0.1, -0.05) is 77.7 Å². The van der Waals surface area contributed by atoms with Crippen molar-refractivity contribution < 1.29 is 27.4 Å². The number of anilines is 1. The van der Waals surface area contributed by atoms with E-state index in [1.165, 1.54) is 11.3 Å². The molecule has 10 heteroatoms. The second-order valence-corrected chi connectivity index (χ2v) is 12.7. The molecule has 0 bridgehead atoms. The number of carboxylic acid groups (broad SMARTS) is 1. The largest absolute Gasteiger partial charge is 0.748 e. The van der Waals surface area contributed by atoms with Crippen molar-refractivity contribution in [2.24, 2.45) is 0 Å². The van der Waals surface area contributed by atoms with Crippen LogP contribution in [0.15, 0.2) is 82.7 Å². The van der Waals surface area contributed by atoms with E-state index in [0.29, 0.717) is 6.54 Å². The minimum absolute atomic E-state index is 0.179. The van der Waals surface area contributed by atoms with Crippen molar-refractivity contribution in [3.8, 4) is 0 Å². The second-order valence-electron chi connectivity index (χ2n) is 9.04. The van der Waals surface area contributed by atoms with Crippen molar-refractivity contribution in [2.45, 2.75) is 17.9 Å². The Morgan fingerprint density at radius 3 is 2.39 bits per heavy atom. The van der Waals surface area contributed by atoms with Gasteiger partial charge in [0.15, 0.2) is 0 Å². The number of aliphatic carboxylic acids is 1. The molecule has 4 aromatic carbocycles. The molecular formula is C28H22N2O5S3. The Morgan fingerprint density at radius 1 is 0.974 bits per heavy atom. The Kier molecular flexibility index (Phi) is 6.35. The zero-order chi connectivity index (χ0) is 26.4. The van der Waals surface area contributed by atoms with Crippen LogP contribution in [0.1, 0.15) is 11.4 Å². The van der Waals surface area contributed by atoms with Crippen LogP contribution in [0.2, 0.25) is 0 Å². The first-order valence-corrected chi connectivity index (χ1v) is 15.2. The first-order valence-electron chi connectivity index (χ1n) is 12.0. The van der Waals surface area contributed by atoms with Gasteiger partial charge >= 0.3 is 5.97 Å². The Labute approximate surface area is 227 Å². The summed E-state index contributed by atoms with van der Waals surface area (Å²) < 4.78 is 36.8. The minimum Gasteiger partial charge on any atom is -0.748 e. The summed E-state index contributed by atoms with van der Waals surface area (Å²) >= 11 is 3.08. The van der Waals surface area contributed by atoms with Gasteiger partial charge in [-0.15, -0.1) is 0 Å². The molecule has 0 spiro atoms. The third kappa shape index (κ3) is 4.64. The zero-order valence-corrected chi connectivity index (χ0v) is 22.5. The van der Waals surface area contributed by atoms with Gasteiger partial charge in [0, 0.05) is 22.6 Å². The normalized spacial score (nSPS) is 14.7. The van der Waals surface area contributed by atoms with E-state index >= 15 is 0 Å². The van der Waals surface area contributed by atoms with Crippen LogP contribution in [0.3, 0.4) is 0 Å². The molecule has 192 valence electrons. The second kappa shape index (κ2) is 9.70. The number of benzene rings is 4. The number of nitrogens with zero attached hydrogens (tertiary/aromatic N) is 2. The molecule has 7 nitrogen and oxygen atoms in total. The zero-order valence-electron chi connectivity index (χ0n) is 20.0.